The van der Waals surface area contributed by atoms with Gasteiger partial charge in [0.05, 0.1) is 4.90 Å². The summed E-state index contributed by atoms with van der Waals surface area (Å²) in [6.07, 6.45) is -2.13. The fourth-order valence-corrected chi connectivity index (χ4v) is 2.51. The van der Waals surface area contributed by atoms with Crippen LogP contribution in [-0.4, -0.2) is 37.1 Å². The van der Waals surface area contributed by atoms with Gasteiger partial charge in [-0.25, -0.2) is 0 Å². The maximum Gasteiger partial charge on any atom is 0.295 e. The molecule has 0 bridgehead atoms. The first-order valence-corrected chi connectivity index (χ1v) is 7.58. The first-order valence-electron chi connectivity index (χ1n) is 4.70. The van der Waals surface area contributed by atoms with Gasteiger partial charge >= 0.3 is 0 Å². The van der Waals surface area contributed by atoms with E-state index >= 15 is 0 Å². The number of nitrogens with one attached hydrogen (secondary N) is 1. The molecule has 0 amide bonds. The quantitative estimate of drug-likeness (QED) is 0.202. The van der Waals surface area contributed by atoms with Crippen LogP contribution in [0, 0.1) is 5.41 Å². The highest BCUT2D eigenvalue weighted by atomic mass is 32.2. The molecular formula is C8H10N2O8S2. The van der Waals surface area contributed by atoms with Gasteiger partial charge in [-0.05, 0) is 18.2 Å². The smallest absolute Gasteiger partial charge is 0.295 e. The molecule has 0 aliphatic carbocycles. The molecule has 1 rings (SSSR count). The molecule has 0 saturated heterocycles. The van der Waals surface area contributed by atoms with Gasteiger partial charge in [-0.3, -0.25) is 14.5 Å². The van der Waals surface area contributed by atoms with Gasteiger partial charge in [-0.15, -0.1) is 0 Å². The Hall–Kier alpha value is -1.73. The number of nitrogens with two attached hydrogens (primary N) is 1. The average molecular weight is 326 g/mol. The number of amidine groups is 1. The minimum Gasteiger partial charge on any atom is -0.431 e. The number of aliphatic hydroxyl groups excluding tert-OH is 1. The Labute approximate surface area is 113 Å². The highest BCUT2D eigenvalue weighted by Gasteiger charge is 2.25. The van der Waals surface area contributed by atoms with Crippen molar-refractivity contribution in [2.45, 2.75) is 16.1 Å². The second-order valence-corrected chi connectivity index (χ2v) is 6.30. The van der Waals surface area contributed by atoms with Crippen LogP contribution in [0.5, 0.6) is 0 Å². The Morgan fingerprint density at radius 2 is 1.75 bits per heavy atom. The van der Waals surface area contributed by atoms with Crippen LogP contribution in [0.2, 0.25) is 0 Å². The van der Waals surface area contributed by atoms with E-state index < -0.39 is 47.9 Å². The Kier molecular flexibility index (Phi) is 4.36. The molecule has 0 aliphatic heterocycles. The van der Waals surface area contributed by atoms with Gasteiger partial charge in [0.15, 0.2) is 0 Å². The van der Waals surface area contributed by atoms with Crippen LogP contribution in [0.1, 0.15) is 11.9 Å². The van der Waals surface area contributed by atoms with Crippen molar-refractivity contribution < 1.29 is 35.8 Å². The molecule has 12 heteroatoms. The molecular weight excluding hydrogens is 316 g/mol. The molecule has 10 nitrogen and oxygen atoms in total. The van der Waals surface area contributed by atoms with Gasteiger partial charge in [0.2, 0.25) is 6.29 Å². The number of ether oxygens (including phenoxy) is 1. The Balaban J connectivity index is 3.53. The molecule has 20 heavy (non-hydrogen) atoms. The van der Waals surface area contributed by atoms with Crippen molar-refractivity contribution in [3.05, 3.63) is 23.8 Å². The van der Waals surface area contributed by atoms with Crippen molar-refractivity contribution in [2.24, 2.45) is 5.73 Å². The first-order chi connectivity index (χ1) is 8.93. The maximum absolute atomic E-state index is 11.1. The van der Waals surface area contributed by atoms with Crippen LogP contribution in [0.25, 0.3) is 0 Å². The number of rotatable bonds is 4. The molecule has 1 aromatic carbocycles. The fraction of sp³-hybridized carbons (Fsp3) is 0.125. The lowest BCUT2D eigenvalue weighted by molar-refractivity contribution is -0.0344. The SMILES string of the molecule is N=C(N)OC(O)c1cc(S(=O)(=O)O)ccc1S(=O)(=O)O. The summed E-state index contributed by atoms with van der Waals surface area (Å²) < 4.78 is 66.2. The van der Waals surface area contributed by atoms with Gasteiger partial charge < -0.3 is 15.6 Å². The van der Waals surface area contributed by atoms with Crippen molar-refractivity contribution in [3.8, 4) is 0 Å². The van der Waals surface area contributed by atoms with Gasteiger partial charge in [0.25, 0.3) is 26.3 Å². The maximum atomic E-state index is 11.1. The Bertz CT molecular complexity index is 740. The minimum atomic E-state index is -4.80. The molecule has 0 heterocycles. The predicted octanol–water partition coefficient (Wildman–Crippen LogP) is -0.919. The van der Waals surface area contributed by atoms with Crippen LogP contribution in [0.3, 0.4) is 0 Å². The van der Waals surface area contributed by atoms with Gasteiger partial charge in [-0.2, -0.15) is 16.8 Å². The molecule has 0 aromatic heterocycles. The highest BCUT2D eigenvalue weighted by molar-refractivity contribution is 7.86. The predicted molar refractivity (Wildman–Crippen MR) is 64.0 cm³/mol. The lowest BCUT2D eigenvalue weighted by Crippen LogP contribution is -2.20. The topological polar surface area (TPSA) is 188 Å². The normalized spacial score (nSPS) is 13.8. The van der Waals surface area contributed by atoms with E-state index in [0.717, 1.165) is 0 Å². The largest absolute Gasteiger partial charge is 0.431 e. The van der Waals surface area contributed by atoms with E-state index in [-0.39, 0.29) is 0 Å². The summed E-state index contributed by atoms with van der Waals surface area (Å²) in [6.45, 7) is 0. The third kappa shape index (κ3) is 3.88. The van der Waals surface area contributed by atoms with Crippen LogP contribution in [-0.2, 0) is 25.0 Å². The van der Waals surface area contributed by atoms with E-state index in [1.54, 1.807) is 0 Å². The van der Waals surface area contributed by atoms with Crippen molar-refractivity contribution in [3.63, 3.8) is 0 Å². The number of benzene rings is 1. The van der Waals surface area contributed by atoms with E-state index in [9.17, 15) is 21.9 Å². The molecule has 0 radical (unpaired) electrons. The summed E-state index contributed by atoms with van der Waals surface area (Å²) in [6, 6.07) is 0.922. The number of hydrogen-bond donors (Lipinski definition) is 5. The zero-order valence-corrected chi connectivity index (χ0v) is 11.2. The van der Waals surface area contributed by atoms with Gasteiger partial charge in [0.1, 0.15) is 4.90 Å². The van der Waals surface area contributed by atoms with Crippen LogP contribution in [0.4, 0.5) is 0 Å². The molecule has 0 aliphatic rings. The summed E-state index contributed by atoms with van der Waals surface area (Å²) >= 11 is 0. The molecule has 0 spiro atoms. The molecule has 1 unspecified atom stereocenters. The average Bonchev–Trinajstić information content (AvgIpc) is 2.24. The molecule has 6 N–H and O–H groups in total. The Morgan fingerprint density at radius 1 is 1.20 bits per heavy atom. The van der Waals surface area contributed by atoms with E-state index in [0.29, 0.717) is 18.2 Å². The van der Waals surface area contributed by atoms with E-state index in [2.05, 4.69) is 4.74 Å². The summed E-state index contributed by atoms with van der Waals surface area (Å²) in [5.41, 5.74) is 4.12. The number of hydrogen-bond acceptors (Lipinski definition) is 7. The van der Waals surface area contributed by atoms with Crippen LogP contribution >= 0.6 is 0 Å². The van der Waals surface area contributed by atoms with E-state index in [1.165, 1.54) is 0 Å². The lowest BCUT2D eigenvalue weighted by Gasteiger charge is -2.15. The summed E-state index contributed by atoms with van der Waals surface area (Å²) in [4.78, 5) is -1.61. The van der Waals surface area contributed by atoms with Crippen LogP contribution in [0.15, 0.2) is 28.0 Å². The monoisotopic (exact) mass is 326 g/mol. The van der Waals surface area contributed by atoms with Gasteiger partial charge in [0, 0.05) is 5.56 Å². The zero-order valence-electron chi connectivity index (χ0n) is 9.59. The third-order valence-electron chi connectivity index (χ3n) is 2.06. The zero-order chi connectivity index (χ0) is 15.7. The molecule has 0 fully saturated rings. The van der Waals surface area contributed by atoms with Crippen molar-refractivity contribution in [2.75, 3.05) is 0 Å². The minimum absolute atomic E-state index is 0.562. The first kappa shape index (κ1) is 16.3. The lowest BCUT2D eigenvalue weighted by atomic mass is 10.2. The van der Waals surface area contributed by atoms with E-state index in [4.69, 9.17) is 20.2 Å². The second kappa shape index (κ2) is 5.34. The molecule has 112 valence electrons. The number of aliphatic hydroxyl groups is 1. The molecule has 1 atom stereocenters. The summed E-state index contributed by atoms with van der Waals surface area (Å²) in [5.74, 6) is 0. The third-order valence-corrected chi connectivity index (χ3v) is 3.84. The molecule has 1 aromatic rings. The second-order valence-electron chi connectivity index (χ2n) is 3.48. The van der Waals surface area contributed by atoms with Crippen molar-refractivity contribution >= 4 is 26.3 Å². The van der Waals surface area contributed by atoms with Crippen molar-refractivity contribution in [1.29, 1.82) is 5.41 Å². The molecule has 0 saturated carbocycles. The Morgan fingerprint density at radius 3 is 2.15 bits per heavy atom. The fourth-order valence-electron chi connectivity index (χ4n) is 1.30. The summed E-state index contributed by atoms with van der Waals surface area (Å²) in [5, 5.41) is 16.3. The standard InChI is InChI=1S/C8H10N2O8S2/c9-8(10)18-7(11)5-3-4(19(12,13)14)1-2-6(5)20(15,16)17/h1-3,7,11H,(H3,9,10)(H,12,13,14)(H,15,16,17). The van der Waals surface area contributed by atoms with Gasteiger partial charge in [-0.1, -0.05) is 0 Å². The van der Waals surface area contributed by atoms with Crippen molar-refractivity contribution in [1.82, 2.24) is 0 Å². The van der Waals surface area contributed by atoms with Crippen LogP contribution < -0.4 is 5.73 Å². The highest BCUT2D eigenvalue weighted by Crippen LogP contribution is 2.26. The summed E-state index contributed by atoms with van der Waals surface area (Å²) in [7, 11) is -9.48. The van der Waals surface area contributed by atoms with E-state index in [1.807, 2.05) is 0 Å².